The van der Waals surface area contributed by atoms with E-state index in [9.17, 15) is 10.1 Å². The molecule has 0 aliphatic carbocycles. The number of ether oxygens (including phenoxy) is 2. The predicted molar refractivity (Wildman–Crippen MR) is 96.4 cm³/mol. The zero-order valence-electron chi connectivity index (χ0n) is 13.9. The van der Waals surface area contributed by atoms with E-state index < -0.39 is 4.92 Å². The van der Waals surface area contributed by atoms with Crippen LogP contribution in [-0.4, -0.2) is 44.6 Å². The topological polar surface area (TPSA) is 77.2 Å². The summed E-state index contributed by atoms with van der Waals surface area (Å²) in [4.78, 5) is 17.3. The highest BCUT2D eigenvalue weighted by Gasteiger charge is 2.14. The van der Waals surface area contributed by atoms with Crippen LogP contribution in [0.25, 0.3) is 0 Å². The Morgan fingerprint density at radius 1 is 1.20 bits per heavy atom. The molecule has 3 rings (SSSR count). The van der Waals surface area contributed by atoms with Gasteiger partial charge in [0.1, 0.15) is 0 Å². The molecule has 1 saturated heterocycles. The lowest BCUT2D eigenvalue weighted by Gasteiger charge is -2.28. The summed E-state index contributed by atoms with van der Waals surface area (Å²) in [5, 5.41) is 11.1. The van der Waals surface area contributed by atoms with E-state index in [-0.39, 0.29) is 11.4 Å². The second kappa shape index (κ2) is 7.76. The molecule has 0 radical (unpaired) electrons. The van der Waals surface area contributed by atoms with Crippen LogP contribution in [0.1, 0.15) is 5.56 Å². The van der Waals surface area contributed by atoms with E-state index in [0.717, 1.165) is 37.7 Å². The van der Waals surface area contributed by atoms with Gasteiger partial charge in [-0.15, -0.1) is 0 Å². The molecule has 0 bridgehead atoms. The number of rotatable bonds is 5. The van der Waals surface area contributed by atoms with Gasteiger partial charge in [0.2, 0.25) is 0 Å². The molecule has 1 heterocycles. The predicted octanol–water partition coefficient (Wildman–Crippen LogP) is 3.19. The first kappa shape index (κ1) is 16.9. The first-order chi connectivity index (χ1) is 12.2. The van der Waals surface area contributed by atoms with E-state index in [1.165, 1.54) is 13.2 Å². The lowest BCUT2D eigenvalue weighted by atomic mass is 10.2. The zero-order valence-corrected chi connectivity index (χ0v) is 13.9. The van der Waals surface area contributed by atoms with Crippen molar-refractivity contribution >= 4 is 23.3 Å². The molecule has 0 N–H and O–H groups in total. The van der Waals surface area contributed by atoms with Gasteiger partial charge in [-0.05, 0) is 42.0 Å². The monoisotopic (exact) mass is 341 g/mol. The maximum Gasteiger partial charge on any atom is 0.311 e. The van der Waals surface area contributed by atoms with E-state index in [1.54, 1.807) is 18.3 Å². The molecule has 0 aromatic heterocycles. The van der Waals surface area contributed by atoms with Crippen LogP contribution >= 0.6 is 0 Å². The molecule has 7 nitrogen and oxygen atoms in total. The molecular formula is C18H19N3O4. The van der Waals surface area contributed by atoms with Crippen LogP contribution in [0, 0.1) is 10.1 Å². The summed E-state index contributed by atoms with van der Waals surface area (Å²) in [5.41, 5.74) is 2.50. The maximum absolute atomic E-state index is 11.1. The molecule has 7 heteroatoms. The minimum absolute atomic E-state index is 0.0749. The number of anilines is 1. The van der Waals surface area contributed by atoms with Crippen molar-refractivity contribution in [3.05, 3.63) is 58.1 Å². The highest BCUT2D eigenvalue weighted by molar-refractivity contribution is 5.83. The number of morpholine rings is 1. The molecule has 0 amide bonds. The molecule has 2 aromatic rings. The summed E-state index contributed by atoms with van der Waals surface area (Å²) in [5.74, 6) is 0.233. The Kier molecular flexibility index (Phi) is 5.25. The van der Waals surface area contributed by atoms with Crippen molar-refractivity contribution in [2.24, 2.45) is 4.99 Å². The highest BCUT2D eigenvalue weighted by Crippen LogP contribution is 2.27. The first-order valence-corrected chi connectivity index (χ1v) is 7.96. The molecule has 0 spiro atoms. The highest BCUT2D eigenvalue weighted by atomic mass is 16.6. The molecule has 1 aliphatic heterocycles. The van der Waals surface area contributed by atoms with Gasteiger partial charge in [-0.2, -0.15) is 0 Å². The molecule has 130 valence electrons. The summed E-state index contributed by atoms with van der Waals surface area (Å²) < 4.78 is 10.3. The fourth-order valence-electron chi connectivity index (χ4n) is 2.65. The summed E-state index contributed by atoms with van der Waals surface area (Å²) in [6.45, 7) is 3.27. The van der Waals surface area contributed by atoms with Crippen molar-refractivity contribution in [3.8, 4) is 5.75 Å². The molecule has 0 atom stereocenters. The molecular weight excluding hydrogens is 322 g/mol. The van der Waals surface area contributed by atoms with Crippen molar-refractivity contribution in [3.63, 3.8) is 0 Å². The fraction of sp³-hybridized carbons (Fsp3) is 0.278. The van der Waals surface area contributed by atoms with Gasteiger partial charge in [-0.25, -0.2) is 0 Å². The van der Waals surface area contributed by atoms with Gasteiger partial charge in [0, 0.05) is 31.1 Å². The lowest BCUT2D eigenvalue weighted by Crippen LogP contribution is -2.36. The number of hydrogen-bond donors (Lipinski definition) is 0. The third-order valence-corrected chi connectivity index (χ3v) is 3.99. The summed E-state index contributed by atoms with van der Waals surface area (Å²) in [7, 11) is 1.41. The smallest absolute Gasteiger partial charge is 0.311 e. The van der Waals surface area contributed by atoms with Gasteiger partial charge < -0.3 is 14.4 Å². The van der Waals surface area contributed by atoms with E-state index >= 15 is 0 Å². The SMILES string of the molecule is COc1ccc(C=Nc2ccc(N3CCOCC3)cc2)cc1[N+](=O)[O-]. The average Bonchev–Trinajstić information content (AvgIpc) is 2.67. The number of methoxy groups -OCH3 is 1. The lowest BCUT2D eigenvalue weighted by molar-refractivity contribution is -0.385. The van der Waals surface area contributed by atoms with E-state index in [0.29, 0.717) is 5.56 Å². The minimum atomic E-state index is -0.465. The third kappa shape index (κ3) is 4.13. The molecule has 25 heavy (non-hydrogen) atoms. The first-order valence-electron chi connectivity index (χ1n) is 7.96. The van der Waals surface area contributed by atoms with Gasteiger partial charge in [0.25, 0.3) is 0 Å². The van der Waals surface area contributed by atoms with Crippen molar-refractivity contribution in [1.82, 2.24) is 0 Å². The number of nitro benzene ring substituents is 1. The zero-order chi connectivity index (χ0) is 17.6. The number of benzene rings is 2. The van der Waals surface area contributed by atoms with Crippen LogP contribution in [0.5, 0.6) is 5.75 Å². The molecule has 1 fully saturated rings. The van der Waals surface area contributed by atoms with Gasteiger partial charge in [-0.1, -0.05) is 0 Å². The maximum atomic E-state index is 11.1. The van der Waals surface area contributed by atoms with Crippen LogP contribution in [0.2, 0.25) is 0 Å². The Balaban J connectivity index is 1.73. The number of nitro groups is 1. The second-order valence-corrected chi connectivity index (χ2v) is 5.56. The quantitative estimate of drug-likeness (QED) is 0.474. The van der Waals surface area contributed by atoms with Gasteiger partial charge in [0.05, 0.1) is 30.9 Å². The Hall–Kier alpha value is -2.93. The van der Waals surface area contributed by atoms with E-state index in [4.69, 9.17) is 9.47 Å². The largest absolute Gasteiger partial charge is 0.490 e. The van der Waals surface area contributed by atoms with Gasteiger partial charge in [-0.3, -0.25) is 15.1 Å². The molecule has 0 saturated carbocycles. The fourth-order valence-corrected chi connectivity index (χ4v) is 2.65. The van der Waals surface area contributed by atoms with E-state index in [1.807, 2.05) is 24.3 Å². The Morgan fingerprint density at radius 3 is 2.56 bits per heavy atom. The van der Waals surface area contributed by atoms with Crippen LogP contribution in [-0.2, 0) is 4.74 Å². The van der Waals surface area contributed by atoms with Gasteiger partial charge in [0.15, 0.2) is 5.75 Å². The van der Waals surface area contributed by atoms with Crippen molar-refractivity contribution in [2.75, 3.05) is 38.3 Å². The Morgan fingerprint density at radius 2 is 1.92 bits per heavy atom. The molecule has 0 unspecified atom stereocenters. The number of aliphatic imine (C=N–C) groups is 1. The summed E-state index contributed by atoms with van der Waals surface area (Å²) >= 11 is 0. The van der Waals surface area contributed by atoms with Crippen LogP contribution in [0.4, 0.5) is 17.1 Å². The van der Waals surface area contributed by atoms with Crippen molar-refractivity contribution in [1.29, 1.82) is 0 Å². The van der Waals surface area contributed by atoms with Crippen molar-refractivity contribution in [2.45, 2.75) is 0 Å². The normalized spacial score (nSPS) is 14.7. The van der Waals surface area contributed by atoms with Crippen LogP contribution < -0.4 is 9.64 Å². The average molecular weight is 341 g/mol. The molecule has 1 aliphatic rings. The Bertz CT molecular complexity index is 768. The third-order valence-electron chi connectivity index (χ3n) is 3.99. The summed E-state index contributed by atoms with van der Waals surface area (Å²) in [6.07, 6.45) is 1.61. The standard InChI is InChI=1S/C18H19N3O4/c1-24-18-7-2-14(12-17(18)21(22)23)13-19-15-3-5-16(6-4-15)20-8-10-25-11-9-20/h2-7,12-13H,8-11H2,1H3. The number of nitrogens with zero attached hydrogens (tertiary/aromatic N) is 3. The van der Waals surface area contributed by atoms with E-state index in [2.05, 4.69) is 9.89 Å². The van der Waals surface area contributed by atoms with Crippen LogP contribution in [0.3, 0.4) is 0 Å². The van der Waals surface area contributed by atoms with Crippen molar-refractivity contribution < 1.29 is 14.4 Å². The minimum Gasteiger partial charge on any atom is -0.490 e. The second-order valence-electron chi connectivity index (χ2n) is 5.56. The van der Waals surface area contributed by atoms with Gasteiger partial charge >= 0.3 is 5.69 Å². The number of hydrogen-bond acceptors (Lipinski definition) is 6. The molecule has 2 aromatic carbocycles. The Labute approximate surface area is 145 Å². The summed E-state index contributed by atoms with van der Waals surface area (Å²) in [6, 6.07) is 12.7. The van der Waals surface area contributed by atoms with Crippen LogP contribution in [0.15, 0.2) is 47.5 Å².